The molecule has 3 aromatic carbocycles. The highest BCUT2D eigenvalue weighted by molar-refractivity contribution is 14.1. The first kappa shape index (κ1) is 24.0. The van der Waals surface area contributed by atoms with Crippen molar-refractivity contribution in [1.29, 1.82) is 0 Å². The fourth-order valence-electron chi connectivity index (χ4n) is 2.97. The van der Waals surface area contributed by atoms with Crippen molar-refractivity contribution < 1.29 is 30.5 Å². The van der Waals surface area contributed by atoms with Crippen LogP contribution >= 0.6 is 22.6 Å². The SMILES string of the molecule is O=S(=O)(Oc1cccc(OCc2ccccc2-n2cc(-c3ccccc3)nn2)c1I)C(F)(F)F. The van der Waals surface area contributed by atoms with Crippen LogP contribution in [0.25, 0.3) is 16.9 Å². The van der Waals surface area contributed by atoms with E-state index >= 15 is 0 Å². The van der Waals surface area contributed by atoms with Crippen molar-refractivity contribution in [3.8, 4) is 28.4 Å². The third-order valence-corrected chi connectivity index (χ3v) is 6.62. The number of rotatable bonds is 7. The van der Waals surface area contributed by atoms with Gasteiger partial charge < -0.3 is 8.92 Å². The van der Waals surface area contributed by atoms with Gasteiger partial charge in [0.15, 0.2) is 5.75 Å². The van der Waals surface area contributed by atoms with Gasteiger partial charge in [0.1, 0.15) is 18.1 Å². The van der Waals surface area contributed by atoms with Crippen LogP contribution in [0.4, 0.5) is 13.2 Å². The van der Waals surface area contributed by atoms with Crippen LogP contribution in [-0.2, 0) is 16.7 Å². The second kappa shape index (κ2) is 9.62. The summed E-state index contributed by atoms with van der Waals surface area (Å²) in [6.07, 6.45) is 1.77. The fourth-order valence-corrected chi connectivity index (χ4v) is 4.21. The molecule has 0 radical (unpaired) electrons. The summed E-state index contributed by atoms with van der Waals surface area (Å²) in [7, 11) is -5.80. The van der Waals surface area contributed by atoms with Gasteiger partial charge in [-0.3, -0.25) is 0 Å². The van der Waals surface area contributed by atoms with E-state index in [9.17, 15) is 21.6 Å². The maximum atomic E-state index is 12.7. The summed E-state index contributed by atoms with van der Waals surface area (Å²) in [6.45, 7) is 0.0299. The molecule has 0 aliphatic heterocycles. The molecule has 0 unspecified atom stereocenters. The molecule has 1 heterocycles. The smallest absolute Gasteiger partial charge is 0.488 e. The Bertz CT molecular complexity index is 1410. The number of hydrogen-bond donors (Lipinski definition) is 0. The minimum absolute atomic E-state index is 0.0299. The van der Waals surface area contributed by atoms with Gasteiger partial charge in [0.05, 0.1) is 15.5 Å². The Balaban J connectivity index is 1.56. The first-order valence-corrected chi connectivity index (χ1v) is 12.1. The molecular formula is C22H15F3IN3O4S. The van der Waals surface area contributed by atoms with E-state index in [-0.39, 0.29) is 15.9 Å². The molecule has 0 saturated heterocycles. The highest BCUT2D eigenvalue weighted by atomic mass is 127. The number of aromatic nitrogens is 3. The molecule has 0 amide bonds. The maximum Gasteiger partial charge on any atom is 0.534 e. The van der Waals surface area contributed by atoms with Crippen molar-refractivity contribution in [3.05, 3.63) is 88.1 Å². The van der Waals surface area contributed by atoms with Crippen LogP contribution in [-0.4, -0.2) is 28.9 Å². The highest BCUT2D eigenvalue weighted by Crippen LogP contribution is 2.34. The Morgan fingerprint density at radius 2 is 1.59 bits per heavy atom. The molecule has 0 saturated carbocycles. The number of halogens is 4. The van der Waals surface area contributed by atoms with Gasteiger partial charge in [0.2, 0.25) is 0 Å². The summed E-state index contributed by atoms with van der Waals surface area (Å²) in [4.78, 5) is 0. The number of benzene rings is 3. The molecule has 34 heavy (non-hydrogen) atoms. The van der Waals surface area contributed by atoms with E-state index in [2.05, 4.69) is 14.5 Å². The van der Waals surface area contributed by atoms with Crippen LogP contribution < -0.4 is 8.92 Å². The molecule has 4 aromatic rings. The summed E-state index contributed by atoms with van der Waals surface area (Å²) in [5.74, 6) is -0.318. The lowest BCUT2D eigenvalue weighted by atomic mass is 10.1. The van der Waals surface area contributed by atoms with Crippen LogP contribution in [0.3, 0.4) is 0 Å². The molecule has 0 aliphatic carbocycles. The molecule has 0 atom stereocenters. The molecule has 12 heteroatoms. The van der Waals surface area contributed by atoms with Gasteiger partial charge >= 0.3 is 15.6 Å². The summed E-state index contributed by atoms with van der Waals surface area (Å²) in [5, 5.41) is 8.40. The fraction of sp³-hybridized carbons (Fsp3) is 0.0909. The second-order valence-electron chi connectivity index (χ2n) is 6.88. The molecule has 1 aromatic heterocycles. The first-order valence-electron chi connectivity index (χ1n) is 9.64. The zero-order valence-electron chi connectivity index (χ0n) is 17.1. The summed E-state index contributed by atoms with van der Waals surface area (Å²) in [5.41, 5.74) is -2.54. The molecule has 7 nitrogen and oxygen atoms in total. The Morgan fingerprint density at radius 3 is 2.32 bits per heavy atom. The van der Waals surface area contributed by atoms with E-state index in [1.807, 2.05) is 42.5 Å². The monoisotopic (exact) mass is 601 g/mol. The lowest BCUT2D eigenvalue weighted by Crippen LogP contribution is -2.28. The Hall–Kier alpha value is -3.13. The van der Waals surface area contributed by atoms with Crippen molar-refractivity contribution in [2.24, 2.45) is 0 Å². The van der Waals surface area contributed by atoms with Crippen molar-refractivity contribution in [2.75, 3.05) is 0 Å². The topological polar surface area (TPSA) is 83.3 Å². The number of alkyl halides is 3. The molecule has 0 bridgehead atoms. The number of hydrogen-bond acceptors (Lipinski definition) is 6. The van der Waals surface area contributed by atoms with Gasteiger partial charge in [-0.1, -0.05) is 59.8 Å². The Labute approximate surface area is 206 Å². The molecule has 0 fully saturated rings. The molecule has 0 spiro atoms. The van der Waals surface area contributed by atoms with Crippen molar-refractivity contribution in [3.63, 3.8) is 0 Å². The number of para-hydroxylation sites is 1. The molecule has 0 N–H and O–H groups in total. The van der Waals surface area contributed by atoms with Crippen LogP contribution in [0.1, 0.15) is 5.56 Å². The Morgan fingerprint density at radius 1 is 0.912 bits per heavy atom. The minimum Gasteiger partial charge on any atom is -0.488 e. The molecule has 4 rings (SSSR count). The van der Waals surface area contributed by atoms with Gasteiger partial charge in [0, 0.05) is 11.1 Å². The van der Waals surface area contributed by atoms with Crippen LogP contribution in [0.5, 0.6) is 11.5 Å². The normalized spacial score (nSPS) is 11.9. The largest absolute Gasteiger partial charge is 0.534 e. The average molecular weight is 601 g/mol. The van der Waals surface area contributed by atoms with Gasteiger partial charge in [-0.05, 0) is 40.8 Å². The quantitative estimate of drug-likeness (QED) is 0.162. The predicted octanol–water partition coefficient (Wildman–Crippen LogP) is 5.35. The van der Waals surface area contributed by atoms with E-state index in [4.69, 9.17) is 4.74 Å². The van der Waals surface area contributed by atoms with E-state index in [1.54, 1.807) is 45.6 Å². The van der Waals surface area contributed by atoms with E-state index in [0.29, 0.717) is 11.4 Å². The van der Waals surface area contributed by atoms with Crippen LogP contribution in [0, 0.1) is 3.57 Å². The second-order valence-corrected chi connectivity index (χ2v) is 9.50. The third-order valence-electron chi connectivity index (χ3n) is 4.60. The standard InChI is InChI=1S/C22H15F3IN3O4S/c23-22(24,25)34(30,31)33-20-12-6-11-19(21(20)26)32-14-16-9-4-5-10-18(16)29-13-17(27-28-29)15-7-2-1-3-8-15/h1-13H,14H2. The van der Waals surface area contributed by atoms with Crippen molar-refractivity contribution in [1.82, 2.24) is 15.0 Å². The third kappa shape index (κ3) is 5.17. The van der Waals surface area contributed by atoms with Gasteiger partial charge in [0.25, 0.3) is 0 Å². The molecular weight excluding hydrogens is 586 g/mol. The lowest BCUT2D eigenvalue weighted by Gasteiger charge is -2.14. The highest BCUT2D eigenvalue weighted by Gasteiger charge is 2.48. The summed E-state index contributed by atoms with van der Waals surface area (Å²) < 4.78 is 72.5. The zero-order valence-corrected chi connectivity index (χ0v) is 20.1. The molecule has 176 valence electrons. The van der Waals surface area contributed by atoms with Gasteiger partial charge in [-0.2, -0.15) is 21.6 Å². The van der Waals surface area contributed by atoms with Gasteiger partial charge in [-0.15, -0.1) is 5.10 Å². The van der Waals surface area contributed by atoms with E-state index in [0.717, 1.165) is 17.2 Å². The lowest BCUT2D eigenvalue weighted by molar-refractivity contribution is -0.0500. The Kier molecular flexibility index (Phi) is 6.79. The van der Waals surface area contributed by atoms with Crippen LogP contribution in [0.15, 0.2) is 79.0 Å². The minimum atomic E-state index is -5.80. The first-order chi connectivity index (χ1) is 16.2. The zero-order chi connectivity index (χ0) is 24.3. The van der Waals surface area contributed by atoms with Crippen molar-refractivity contribution in [2.45, 2.75) is 12.1 Å². The van der Waals surface area contributed by atoms with Crippen LogP contribution in [0.2, 0.25) is 0 Å². The summed E-state index contributed by atoms with van der Waals surface area (Å²) >= 11 is 1.67. The number of ether oxygens (including phenoxy) is 1. The van der Waals surface area contributed by atoms with E-state index in [1.165, 1.54) is 12.1 Å². The summed E-state index contributed by atoms with van der Waals surface area (Å²) in [6, 6.07) is 20.7. The van der Waals surface area contributed by atoms with Gasteiger partial charge in [-0.25, -0.2) is 4.68 Å². The number of nitrogens with zero attached hydrogens (tertiary/aromatic N) is 3. The van der Waals surface area contributed by atoms with Crippen molar-refractivity contribution >= 4 is 32.7 Å². The average Bonchev–Trinajstić information content (AvgIpc) is 3.30. The van der Waals surface area contributed by atoms with E-state index < -0.39 is 21.4 Å². The predicted molar refractivity (Wildman–Crippen MR) is 126 cm³/mol. The maximum absolute atomic E-state index is 12.7. The molecule has 0 aliphatic rings.